The second kappa shape index (κ2) is 8.78. The van der Waals surface area contributed by atoms with E-state index < -0.39 is 10.0 Å². The van der Waals surface area contributed by atoms with E-state index in [1.165, 1.54) is 0 Å². The van der Waals surface area contributed by atoms with E-state index in [0.717, 1.165) is 27.4 Å². The molecule has 2 N–H and O–H groups in total. The van der Waals surface area contributed by atoms with Crippen LogP contribution >= 0.6 is 11.3 Å². The van der Waals surface area contributed by atoms with Gasteiger partial charge in [-0.2, -0.15) is 5.10 Å². The van der Waals surface area contributed by atoms with Gasteiger partial charge in [0.2, 0.25) is 10.0 Å². The molecule has 0 unspecified atom stereocenters. The van der Waals surface area contributed by atoms with Gasteiger partial charge in [-0.1, -0.05) is 37.2 Å². The van der Waals surface area contributed by atoms with Crippen molar-refractivity contribution < 1.29 is 12.9 Å². The Bertz CT molecular complexity index is 1250. The van der Waals surface area contributed by atoms with Crippen LogP contribution < -0.4 is 4.72 Å². The number of aromatic amines is 1. The quantitative estimate of drug-likeness (QED) is 0.399. The smallest absolute Gasteiger partial charge is 0.240 e. The second-order valence-electron chi connectivity index (χ2n) is 7.60. The molecule has 0 spiro atoms. The van der Waals surface area contributed by atoms with Crippen LogP contribution in [0, 0.1) is 6.92 Å². The molecule has 31 heavy (non-hydrogen) atoms. The highest BCUT2D eigenvalue weighted by Gasteiger charge is 2.20. The molecular weight excluding hydrogens is 432 g/mol. The zero-order valence-corrected chi connectivity index (χ0v) is 19.2. The molecule has 0 bridgehead atoms. The van der Waals surface area contributed by atoms with E-state index in [2.05, 4.69) is 33.9 Å². The van der Waals surface area contributed by atoms with Gasteiger partial charge in [0.25, 0.3) is 0 Å². The molecule has 0 saturated heterocycles. The maximum atomic E-state index is 12.8. The highest BCUT2D eigenvalue weighted by Crippen LogP contribution is 2.32. The number of sulfonamides is 1. The van der Waals surface area contributed by atoms with Crippen LogP contribution in [0.3, 0.4) is 0 Å². The highest BCUT2D eigenvalue weighted by molar-refractivity contribution is 7.89. The summed E-state index contributed by atoms with van der Waals surface area (Å²) in [6.07, 6.45) is 0.453. The lowest BCUT2D eigenvalue weighted by molar-refractivity contribution is 0.399. The number of rotatable bonds is 8. The van der Waals surface area contributed by atoms with Gasteiger partial charge in [0, 0.05) is 18.2 Å². The van der Waals surface area contributed by atoms with E-state index in [4.69, 9.17) is 4.52 Å². The number of thiophene rings is 1. The Hall–Kier alpha value is -2.75. The van der Waals surface area contributed by atoms with Crippen molar-refractivity contribution in [1.82, 2.24) is 20.1 Å². The summed E-state index contributed by atoms with van der Waals surface area (Å²) >= 11 is 1.58. The summed E-state index contributed by atoms with van der Waals surface area (Å²) in [5, 5.41) is 13.6. The highest BCUT2D eigenvalue weighted by atomic mass is 32.2. The third-order valence-corrected chi connectivity index (χ3v) is 7.38. The lowest BCUT2D eigenvalue weighted by Gasteiger charge is -2.10. The minimum atomic E-state index is -3.61. The normalized spacial score (nSPS) is 12.0. The lowest BCUT2D eigenvalue weighted by atomic mass is 10.0. The van der Waals surface area contributed by atoms with E-state index in [1.807, 2.05) is 42.6 Å². The van der Waals surface area contributed by atoms with E-state index >= 15 is 0 Å². The topological polar surface area (TPSA) is 101 Å². The van der Waals surface area contributed by atoms with Gasteiger partial charge in [-0.05, 0) is 48.4 Å². The molecule has 1 aromatic carbocycles. The minimum Gasteiger partial charge on any atom is -0.361 e. The molecule has 0 atom stereocenters. The summed E-state index contributed by atoms with van der Waals surface area (Å²) in [4.78, 5) is 1.26. The van der Waals surface area contributed by atoms with Crippen LogP contribution in [0.25, 0.3) is 22.0 Å². The number of nitrogens with one attached hydrogen (secondary N) is 2. The Morgan fingerprint density at radius 3 is 2.58 bits per heavy atom. The van der Waals surface area contributed by atoms with Crippen molar-refractivity contribution in [3.05, 3.63) is 64.7 Å². The maximum Gasteiger partial charge on any atom is 0.240 e. The van der Waals surface area contributed by atoms with Crippen LogP contribution in [0.1, 0.15) is 36.7 Å². The fourth-order valence-corrected chi connectivity index (χ4v) is 5.12. The monoisotopic (exact) mass is 456 g/mol. The summed E-state index contributed by atoms with van der Waals surface area (Å²) in [6, 6.07) is 12.8. The number of aromatic nitrogens is 3. The van der Waals surface area contributed by atoms with Gasteiger partial charge in [0.1, 0.15) is 17.1 Å². The van der Waals surface area contributed by atoms with E-state index in [-0.39, 0.29) is 11.4 Å². The van der Waals surface area contributed by atoms with Crippen LogP contribution in [-0.2, 0) is 16.4 Å². The predicted octanol–water partition coefficient (Wildman–Crippen LogP) is 4.75. The van der Waals surface area contributed by atoms with Gasteiger partial charge in [-0.25, -0.2) is 13.1 Å². The van der Waals surface area contributed by atoms with Crippen LogP contribution in [-0.4, -0.2) is 30.3 Å². The van der Waals surface area contributed by atoms with Crippen LogP contribution in [0.15, 0.2) is 57.3 Å². The van der Waals surface area contributed by atoms with Gasteiger partial charge in [-0.15, -0.1) is 11.3 Å². The number of hydrogen-bond donors (Lipinski definition) is 2. The fourth-order valence-electron chi connectivity index (χ4n) is 3.35. The molecule has 162 valence electrons. The summed E-state index contributed by atoms with van der Waals surface area (Å²) in [7, 11) is -3.61. The third-order valence-electron chi connectivity index (χ3n) is 5.03. The van der Waals surface area contributed by atoms with Gasteiger partial charge in [-0.3, -0.25) is 5.10 Å². The third kappa shape index (κ3) is 4.63. The number of benzene rings is 1. The van der Waals surface area contributed by atoms with Crippen LogP contribution in [0.2, 0.25) is 0 Å². The van der Waals surface area contributed by atoms with Crippen molar-refractivity contribution in [3.63, 3.8) is 0 Å². The van der Waals surface area contributed by atoms with Crippen molar-refractivity contribution in [2.75, 3.05) is 6.54 Å². The molecule has 7 nitrogen and oxygen atoms in total. The number of nitrogens with zero attached hydrogens (tertiary/aromatic N) is 2. The first-order chi connectivity index (χ1) is 14.8. The van der Waals surface area contributed by atoms with E-state index in [0.29, 0.717) is 23.8 Å². The SMILES string of the molecule is Cc1cc(-c2[nH]nc(-c3cccs3)c2CCNS(=O)(=O)c2ccc(C(C)C)cc2)no1. The van der Waals surface area contributed by atoms with Crippen molar-refractivity contribution in [2.24, 2.45) is 0 Å². The molecule has 0 amide bonds. The Morgan fingerprint density at radius 1 is 1.19 bits per heavy atom. The van der Waals surface area contributed by atoms with Gasteiger partial charge in [0.15, 0.2) is 0 Å². The average Bonchev–Trinajstić information content (AvgIpc) is 3.48. The molecule has 4 aromatic rings. The minimum absolute atomic E-state index is 0.232. The second-order valence-corrected chi connectivity index (χ2v) is 10.3. The van der Waals surface area contributed by atoms with Crippen molar-refractivity contribution >= 4 is 21.4 Å². The van der Waals surface area contributed by atoms with Gasteiger partial charge >= 0.3 is 0 Å². The molecule has 0 aliphatic rings. The Labute approximate surface area is 185 Å². The molecule has 4 rings (SSSR count). The maximum absolute atomic E-state index is 12.8. The first kappa shape index (κ1) is 21.5. The number of H-pyrrole nitrogens is 1. The van der Waals surface area contributed by atoms with Crippen LogP contribution in [0.5, 0.6) is 0 Å². The Balaban J connectivity index is 1.55. The molecular formula is C22H24N4O3S2. The van der Waals surface area contributed by atoms with E-state index in [1.54, 1.807) is 23.5 Å². The van der Waals surface area contributed by atoms with Crippen molar-refractivity contribution in [3.8, 4) is 22.0 Å². The van der Waals surface area contributed by atoms with E-state index in [9.17, 15) is 8.42 Å². The molecule has 0 aliphatic carbocycles. The zero-order chi connectivity index (χ0) is 22.0. The Morgan fingerprint density at radius 2 is 1.97 bits per heavy atom. The first-order valence-corrected chi connectivity index (χ1v) is 12.4. The standard InChI is InChI=1S/C22H24N4O3S2/c1-14(2)16-6-8-17(9-7-16)31(27,28)23-11-10-18-21(19-13-15(3)29-26-19)24-25-22(18)20-5-4-12-30-20/h4-9,12-14,23H,10-11H2,1-3H3,(H,24,25). The first-order valence-electron chi connectivity index (χ1n) is 9.99. The predicted molar refractivity (Wildman–Crippen MR) is 122 cm³/mol. The summed E-state index contributed by atoms with van der Waals surface area (Å²) in [5.41, 5.74) is 4.18. The van der Waals surface area contributed by atoms with Crippen molar-refractivity contribution in [2.45, 2.75) is 38.0 Å². The zero-order valence-electron chi connectivity index (χ0n) is 17.5. The molecule has 3 heterocycles. The van der Waals surface area contributed by atoms with Crippen molar-refractivity contribution in [1.29, 1.82) is 0 Å². The summed E-state index contributed by atoms with van der Waals surface area (Å²) in [6.45, 7) is 6.21. The molecule has 0 fully saturated rings. The fraction of sp³-hybridized carbons (Fsp3) is 0.273. The van der Waals surface area contributed by atoms with Gasteiger partial charge in [0.05, 0.1) is 15.5 Å². The average molecular weight is 457 g/mol. The Kier molecular flexibility index (Phi) is 6.08. The lowest BCUT2D eigenvalue weighted by Crippen LogP contribution is -2.26. The molecule has 3 aromatic heterocycles. The molecule has 0 radical (unpaired) electrons. The number of hydrogen-bond acceptors (Lipinski definition) is 6. The molecule has 9 heteroatoms. The van der Waals surface area contributed by atoms with Gasteiger partial charge < -0.3 is 4.52 Å². The van der Waals surface area contributed by atoms with Crippen LogP contribution in [0.4, 0.5) is 0 Å². The number of aryl methyl sites for hydroxylation is 1. The largest absolute Gasteiger partial charge is 0.361 e. The molecule has 0 saturated carbocycles. The summed E-state index contributed by atoms with van der Waals surface area (Å²) < 4.78 is 33.4. The molecule has 0 aliphatic heterocycles. The summed E-state index contributed by atoms with van der Waals surface area (Å²) in [5.74, 6) is 1.04.